The molecule has 1 atom stereocenters. The van der Waals surface area contributed by atoms with E-state index < -0.39 is 5.41 Å². The van der Waals surface area contributed by atoms with Crippen LogP contribution in [0.3, 0.4) is 0 Å². The van der Waals surface area contributed by atoms with Crippen LogP contribution in [0.25, 0.3) is 22.2 Å². The van der Waals surface area contributed by atoms with Crippen molar-refractivity contribution >= 4 is 22.6 Å². The van der Waals surface area contributed by atoms with E-state index in [1.54, 1.807) is 13.0 Å². The molecule has 0 bridgehead atoms. The maximum Gasteiger partial charge on any atom is 0.232 e. The third-order valence-corrected chi connectivity index (χ3v) is 5.95. The Hall–Kier alpha value is -3.73. The fourth-order valence-electron chi connectivity index (χ4n) is 4.37. The zero-order valence-corrected chi connectivity index (χ0v) is 15.9. The Labute approximate surface area is 167 Å². The Balaban J connectivity index is 1.69. The topological polar surface area (TPSA) is 88.8 Å². The molecule has 1 unspecified atom stereocenters. The lowest BCUT2D eigenvalue weighted by molar-refractivity contribution is -0.122. The molecule has 1 aliphatic carbocycles. The van der Waals surface area contributed by atoms with Gasteiger partial charge in [-0.3, -0.25) is 14.7 Å². The Morgan fingerprint density at radius 2 is 1.86 bits per heavy atom. The number of primary amides is 1. The number of amides is 1. The van der Waals surface area contributed by atoms with Crippen LogP contribution in [-0.2, 0) is 16.6 Å². The Bertz CT molecular complexity index is 1300. The highest BCUT2D eigenvalue weighted by molar-refractivity contribution is 6.00. The van der Waals surface area contributed by atoms with Crippen LogP contribution in [0.4, 0.5) is 0 Å². The first-order valence-corrected chi connectivity index (χ1v) is 9.49. The number of nitrogens with zero attached hydrogens (tertiary/aromatic N) is 1. The largest absolute Gasteiger partial charge is 0.369 e. The lowest BCUT2D eigenvalue weighted by atomic mass is 9.60. The van der Waals surface area contributed by atoms with Crippen LogP contribution in [0.5, 0.6) is 0 Å². The highest BCUT2D eigenvalue weighted by Gasteiger charge is 2.49. The smallest absolute Gasteiger partial charge is 0.232 e. The number of carbonyl (C=O) groups excluding carboxylic acids is 2. The SMILES string of the molecule is CC(=O)c1cccc(-c2n[nH]c3ccc(C4(C(N)=O)Cc5ccccc54)cc23)c1. The molecule has 5 nitrogen and oxygen atoms in total. The molecule has 0 aliphatic heterocycles. The third-order valence-electron chi connectivity index (χ3n) is 5.95. The van der Waals surface area contributed by atoms with Gasteiger partial charge in [-0.1, -0.05) is 48.5 Å². The minimum atomic E-state index is -0.819. The summed E-state index contributed by atoms with van der Waals surface area (Å²) >= 11 is 0. The molecule has 29 heavy (non-hydrogen) atoms. The zero-order valence-electron chi connectivity index (χ0n) is 15.9. The van der Waals surface area contributed by atoms with E-state index in [-0.39, 0.29) is 11.7 Å². The summed E-state index contributed by atoms with van der Waals surface area (Å²) in [6.07, 6.45) is 0.594. The van der Waals surface area contributed by atoms with Crippen molar-refractivity contribution in [2.75, 3.05) is 0 Å². The maximum absolute atomic E-state index is 12.6. The number of carbonyl (C=O) groups is 2. The second-order valence-electron chi connectivity index (χ2n) is 7.57. The Morgan fingerprint density at radius 1 is 1.03 bits per heavy atom. The molecule has 142 valence electrons. The van der Waals surface area contributed by atoms with Crippen molar-refractivity contribution < 1.29 is 9.59 Å². The monoisotopic (exact) mass is 381 g/mol. The van der Waals surface area contributed by atoms with Crippen LogP contribution < -0.4 is 5.73 Å². The molecule has 1 aromatic heterocycles. The first-order chi connectivity index (χ1) is 14.0. The quantitative estimate of drug-likeness (QED) is 0.528. The summed E-state index contributed by atoms with van der Waals surface area (Å²) in [4.78, 5) is 24.4. The lowest BCUT2D eigenvalue weighted by Crippen LogP contribution is -2.50. The Morgan fingerprint density at radius 3 is 2.62 bits per heavy atom. The fraction of sp³-hybridized carbons (Fsp3) is 0.125. The van der Waals surface area contributed by atoms with Gasteiger partial charge in [-0.2, -0.15) is 5.10 Å². The van der Waals surface area contributed by atoms with Crippen LogP contribution in [0.2, 0.25) is 0 Å². The van der Waals surface area contributed by atoms with Crippen molar-refractivity contribution in [2.45, 2.75) is 18.8 Å². The highest BCUT2D eigenvalue weighted by Crippen LogP contribution is 2.47. The van der Waals surface area contributed by atoms with Crippen LogP contribution >= 0.6 is 0 Å². The van der Waals surface area contributed by atoms with E-state index in [9.17, 15) is 9.59 Å². The molecule has 1 heterocycles. The molecule has 5 rings (SSSR count). The minimum absolute atomic E-state index is 0.00568. The average Bonchev–Trinajstić information content (AvgIpc) is 3.12. The normalized spacial score (nSPS) is 17.6. The molecule has 0 fully saturated rings. The van der Waals surface area contributed by atoms with Crippen molar-refractivity contribution in [1.29, 1.82) is 0 Å². The number of nitrogens with two attached hydrogens (primary N) is 1. The van der Waals surface area contributed by atoms with Crippen LogP contribution in [0, 0.1) is 0 Å². The Kier molecular flexibility index (Phi) is 3.68. The van der Waals surface area contributed by atoms with E-state index in [1.807, 2.05) is 60.7 Å². The van der Waals surface area contributed by atoms with Gasteiger partial charge in [-0.15, -0.1) is 0 Å². The summed E-state index contributed by atoms with van der Waals surface area (Å²) in [6.45, 7) is 1.55. The number of H-pyrrole nitrogens is 1. The predicted molar refractivity (Wildman–Crippen MR) is 112 cm³/mol. The molecule has 3 aromatic carbocycles. The van der Waals surface area contributed by atoms with E-state index in [0.29, 0.717) is 12.0 Å². The average molecular weight is 381 g/mol. The van der Waals surface area contributed by atoms with Gasteiger partial charge in [0.25, 0.3) is 0 Å². The number of hydrogen-bond acceptors (Lipinski definition) is 3. The van der Waals surface area contributed by atoms with E-state index >= 15 is 0 Å². The molecule has 0 saturated heterocycles. The standard InChI is InChI=1S/C24H19N3O2/c1-14(28)15-6-4-7-16(11-15)22-19-12-18(9-10-21(19)26-27-22)24(23(25)29)13-17-5-2-3-8-20(17)24/h2-12H,13H2,1H3,(H2,25,29)(H,26,27). The molecule has 0 spiro atoms. The summed E-state index contributed by atoms with van der Waals surface area (Å²) in [5.74, 6) is -0.342. The lowest BCUT2D eigenvalue weighted by Gasteiger charge is -2.42. The van der Waals surface area contributed by atoms with Crippen molar-refractivity contribution in [2.24, 2.45) is 5.73 Å². The molecule has 1 aliphatic rings. The highest BCUT2D eigenvalue weighted by atomic mass is 16.1. The zero-order chi connectivity index (χ0) is 20.2. The fourth-order valence-corrected chi connectivity index (χ4v) is 4.37. The number of aromatic nitrogens is 2. The van der Waals surface area contributed by atoms with Gasteiger partial charge in [-0.25, -0.2) is 0 Å². The summed E-state index contributed by atoms with van der Waals surface area (Å²) in [6, 6.07) is 21.2. The molecule has 4 aromatic rings. The van der Waals surface area contributed by atoms with E-state index in [1.165, 1.54) is 0 Å². The van der Waals surface area contributed by atoms with Gasteiger partial charge >= 0.3 is 0 Å². The molecule has 3 N–H and O–H groups in total. The molecular weight excluding hydrogens is 362 g/mol. The van der Waals surface area contributed by atoms with Gasteiger partial charge in [-0.05, 0) is 48.2 Å². The number of aromatic amines is 1. The summed E-state index contributed by atoms with van der Waals surface area (Å²) in [5, 5.41) is 8.41. The van der Waals surface area contributed by atoms with Gasteiger partial charge in [0.05, 0.1) is 11.2 Å². The summed E-state index contributed by atoms with van der Waals surface area (Å²) in [7, 11) is 0. The van der Waals surface area contributed by atoms with Crippen molar-refractivity contribution in [3.8, 4) is 11.3 Å². The third kappa shape index (κ3) is 2.44. The molecule has 0 saturated carbocycles. The van der Waals surface area contributed by atoms with Crippen LogP contribution in [0.15, 0.2) is 66.7 Å². The van der Waals surface area contributed by atoms with Crippen molar-refractivity contribution in [3.63, 3.8) is 0 Å². The molecule has 0 radical (unpaired) electrons. The first kappa shape index (κ1) is 17.4. The number of Topliss-reactive ketones (excluding diaryl/α,β-unsaturated/α-hetero) is 1. The van der Waals surface area contributed by atoms with Crippen LogP contribution in [0.1, 0.15) is 34.0 Å². The number of ketones is 1. The van der Waals surface area contributed by atoms with Crippen LogP contribution in [-0.4, -0.2) is 21.9 Å². The maximum atomic E-state index is 12.6. The summed E-state index contributed by atoms with van der Waals surface area (Å²) in [5.41, 5.74) is 11.2. The van der Waals surface area contributed by atoms with E-state index in [4.69, 9.17) is 5.73 Å². The van der Waals surface area contributed by atoms with Gasteiger partial charge in [0.15, 0.2) is 5.78 Å². The number of benzene rings is 3. The van der Waals surface area contributed by atoms with E-state index in [2.05, 4.69) is 10.2 Å². The number of nitrogens with one attached hydrogen (secondary N) is 1. The molecular formula is C24H19N3O2. The van der Waals surface area contributed by atoms with Gasteiger partial charge in [0.2, 0.25) is 5.91 Å². The van der Waals surface area contributed by atoms with Crippen molar-refractivity contribution in [1.82, 2.24) is 10.2 Å². The first-order valence-electron chi connectivity index (χ1n) is 9.49. The van der Waals surface area contributed by atoms with Gasteiger partial charge in [0, 0.05) is 16.5 Å². The van der Waals surface area contributed by atoms with E-state index in [0.717, 1.165) is 38.9 Å². The van der Waals surface area contributed by atoms with Gasteiger partial charge < -0.3 is 5.73 Å². The number of hydrogen-bond donors (Lipinski definition) is 2. The molecule has 1 amide bonds. The summed E-state index contributed by atoms with van der Waals surface area (Å²) < 4.78 is 0. The molecule has 5 heteroatoms. The van der Waals surface area contributed by atoms with Gasteiger partial charge in [0.1, 0.15) is 5.41 Å². The second kappa shape index (κ2) is 6.14. The van der Waals surface area contributed by atoms with Crippen molar-refractivity contribution in [3.05, 3.63) is 89.0 Å². The minimum Gasteiger partial charge on any atom is -0.369 e. The second-order valence-corrected chi connectivity index (χ2v) is 7.57. The number of fused-ring (bicyclic) bond motifs is 2. The number of rotatable bonds is 4. The predicted octanol–water partition coefficient (Wildman–Crippen LogP) is 3.76.